The average molecular weight is 426 g/mol. The Balaban J connectivity index is 1.76. The Kier molecular flexibility index (Phi) is 7.54. The first-order valence-corrected chi connectivity index (χ1v) is 12.1. The minimum absolute atomic E-state index is 0.276. The van der Waals surface area contributed by atoms with Gasteiger partial charge >= 0.3 is 0 Å². The van der Waals surface area contributed by atoms with Crippen molar-refractivity contribution in [1.29, 1.82) is 0 Å². The molecule has 2 N–H and O–H groups in total. The van der Waals surface area contributed by atoms with Crippen LogP contribution in [0.4, 0.5) is 5.69 Å². The van der Waals surface area contributed by atoms with E-state index < -0.39 is 10.0 Å². The number of methoxy groups -OCH3 is 1. The third-order valence-corrected chi connectivity index (χ3v) is 7.68. The van der Waals surface area contributed by atoms with Crippen molar-refractivity contribution in [3.05, 3.63) is 18.2 Å². The predicted octanol–water partition coefficient (Wildman–Crippen LogP) is 3.88. The highest BCUT2D eigenvalue weighted by Gasteiger charge is 2.26. The summed E-state index contributed by atoms with van der Waals surface area (Å²) in [7, 11) is -1.95. The molecule has 1 saturated carbocycles. The van der Waals surface area contributed by atoms with Crippen LogP contribution in [0.5, 0.6) is 5.75 Å². The van der Waals surface area contributed by atoms with Gasteiger partial charge in [0.25, 0.3) is 0 Å². The Morgan fingerprint density at radius 2 is 1.71 bits per heavy atom. The standard InChI is InChI=1S/C20H31N3O3S2/c1-26-19-12-11-17(28(24,25)23-13-7-2-3-8-14-23)15-18(19)22-20(27)21-16-9-5-4-6-10-16/h11-12,15-16H,2-10,13-14H2,1H3,(H2,21,22,27). The first kappa shape index (κ1) is 21.3. The maximum Gasteiger partial charge on any atom is 0.243 e. The second kappa shape index (κ2) is 9.89. The van der Waals surface area contributed by atoms with Gasteiger partial charge in [-0.3, -0.25) is 0 Å². The van der Waals surface area contributed by atoms with Crippen molar-refractivity contribution in [2.24, 2.45) is 0 Å². The van der Waals surface area contributed by atoms with Gasteiger partial charge in [-0.25, -0.2) is 8.42 Å². The third-order valence-electron chi connectivity index (χ3n) is 5.56. The van der Waals surface area contributed by atoms with E-state index in [9.17, 15) is 8.42 Å². The molecule has 28 heavy (non-hydrogen) atoms. The fourth-order valence-electron chi connectivity index (χ4n) is 3.97. The number of rotatable bonds is 5. The minimum atomic E-state index is -3.52. The molecule has 1 aromatic rings. The minimum Gasteiger partial charge on any atom is -0.495 e. The second-order valence-electron chi connectivity index (χ2n) is 7.61. The van der Waals surface area contributed by atoms with Crippen LogP contribution in [-0.4, -0.2) is 44.1 Å². The summed E-state index contributed by atoms with van der Waals surface area (Å²) < 4.78 is 33.2. The number of nitrogens with one attached hydrogen (secondary N) is 2. The first-order valence-electron chi connectivity index (χ1n) is 10.3. The molecule has 0 atom stereocenters. The summed E-state index contributed by atoms with van der Waals surface area (Å²) in [4.78, 5) is 0.276. The summed E-state index contributed by atoms with van der Waals surface area (Å²) in [6, 6.07) is 5.32. The van der Waals surface area contributed by atoms with E-state index in [0.717, 1.165) is 38.5 Å². The lowest BCUT2D eigenvalue weighted by Crippen LogP contribution is -2.39. The van der Waals surface area contributed by atoms with Gasteiger partial charge in [-0.05, 0) is 56.1 Å². The lowest BCUT2D eigenvalue weighted by molar-refractivity contribution is 0.412. The Labute approximate surface area is 174 Å². The van der Waals surface area contributed by atoms with E-state index in [0.29, 0.717) is 35.7 Å². The number of thiocarbonyl (C=S) groups is 1. The van der Waals surface area contributed by atoms with Crippen molar-refractivity contribution in [2.75, 3.05) is 25.5 Å². The molecule has 0 unspecified atom stereocenters. The molecule has 6 nitrogen and oxygen atoms in total. The molecule has 1 heterocycles. The molecule has 1 aromatic carbocycles. The molecular weight excluding hydrogens is 394 g/mol. The molecule has 2 fully saturated rings. The largest absolute Gasteiger partial charge is 0.495 e. The Morgan fingerprint density at radius 3 is 2.36 bits per heavy atom. The molecule has 2 aliphatic rings. The predicted molar refractivity (Wildman–Crippen MR) is 116 cm³/mol. The van der Waals surface area contributed by atoms with Gasteiger partial charge in [-0.2, -0.15) is 4.31 Å². The molecule has 8 heteroatoms. The van der Waals surface area contributed by atoms with E-state index in [-0.39, 0.29) is 4.90 Å². The van der Waals surface area contributed by atoms with Crippen LogP contribution in [0.2, 0.25) is 0 Å². The van der Waals surface area contributed by atoms with Crippen molar-refractivity contribution in [3.8, 4) is 5.75 Å². The van der Waals surface area contributed by atoms with Gasteiger partial charge < -0.3 is 15.4 Å². The fraction of sp³-hybridized carbons (Fsp3) is 0.650. The number of nitrogens with zero attached hydrogens (tertiary/aromatic N) is 1. The van der Waals surface area contributed by atoms with E-state index in [2.05, 4.69) is 10.6 Å². The van der Waals surface area contributed by atoms with Crippen LogP contribution in [0.15, 0.2) is 23.1 Å². The highest BCUT2D eigenvalue weighted by molar-refractivity contribution is 7.89. The number of ether oxygens (including phenoxy) is 1. The van der Waals surface area contributed by atoms with Crippen molar-refractivity contribution >= 4 is 33.0 Å². The molecule has 0 spiro atoms. The van der Waals surface area contributed by atoms with Crippen LogP contribution in [0.3, 0.4) is 0 Å². The van der Waals surface area contributed by atoms with Gasteiger partial charge in [-0.15, -0.1) is 0 Å². The van der Waals surface area contributed by atoms with E-state index in [4.69, 9.17) is 17.0 Å². The van der Waals surface area contributed by atoms with E-state index in [1.54, 1.807) is 29.6 Å². The summed E-state index contributed by atoms with van der Waals surface area (Å²) in [5.41, 5.74) is 0.576. The summed E-state index contributed by atoms with van der Waals surface area (Å²) >= 11 is 5.47. The smallest absolute Gasteiger partial charge is 0.243 e. The van der Waals surface area contributed by atoms with Crippen molar-refractivity contribution in [1.82, 2.24) is 9.62 Å². The molecule has 0 aromatic heterocycles. The molecule has 1 aliphatic carbocycles. The van der Waals surface area contributed by atoms with Crippen LogP contribution in [-0.2, 0) is 10.0 Å². The summed E-state index contributed by atoms with van der Waals surface area (Å²) in [6.07, 6.45) is 9.93. The summed E-state index contributed by atoms with van der Waals surface area (Å²) in [5.74, 6) is 0.572. The molecule has 1 saturated heterocycles. The molecule has 156 valence electrons. The molecular formula is C20H31N3O3S2. The number of benzene rings is 1. The van der Waals surface area contributed by atoms with Crippen molar-refractivity contribution in [2.45, 2.75) is 68.7 Å². The average Bonchev–Trinajstić information content (AvgIpc) is 2.98. The highest BCUT2D eigenvalue weighted by Crippen LogP contribution is 2.30. The Morgan fingerprint density at radius 1 is 1.07 bits per heavy atom. The van der Waals surface area contributed by atoms with Gasteiger partial charge in [-0.1, -0.05) is 32.1 Å². The molecule has 0 bridgehead atoms. The number of anilines is 1. The molecule has 1 aliphatic heterocycles. The van der Waals surface area contributed by atoms with E-state index in [1.165, 1.54) is 19.3 Å². The number of sulfonamides is 1. The number of hydrogen-bond donors (Lipinski definition) is 2. The normalized spacial score (nSPS) is 19.6. The third kappa shape index (κ3) is 5.36. The van der Waals surface area contributed by atoms with Crippen molar-refractivity contribution < 1.29 is 13.2 Å². The van der Waals surface area contributed by atoms with Crippen LogP contribution in [0.25, 0.3) is 0 Å². The topological polar surface area (TPSA) is 70.7 Å². The summed E-state index contributed by atoms with van der Waals surface area (Å²) in [5, 5.41) is 7.01. The van der Waals surface area contributed by atoms with Gasteiger partial charge in [0.1, 0.15) is 5.75 Å². The van der Waals surface area contributed by atoms with Crippen LogP contribution < -0.4 is 15.4 Å². The maximum atomic E-state index is 13.1. The lowest BCUT2D eigenvalue weighted by Gasteiger charge is -2.25. The Bertz CT molecular complexity index is 769. The van der Waals surface area contributed by atoms with E-state index in [1.807, 2.05) is 0 Å². The first-order chi connectivity index (χ1) is 13.5. The number of hydrogen-bond acceptors (Lipinski definition) is 4. The zero-order chi connectivity index (χ0) is 20.0. The SMILES string of the molecule is COc1ccc(S(=O)(=O)N2CCCCCC2)cc1NC(=S)NC1CCCCC1. The second-order valence-corrected chi connectivity index (χ2v) is 9.96. The van der Waals surface area contributed by atoms with Gasteiger partial charge in [0.15, 0.2) is 5.11 Å². The van der Waals surface area contributed by atoms with Gasteiger partial charge in [0.05, 0.1) is 17.7 Å². The van der Waals surface area contributed by atoms with Gasteiger partial charge in [0.2, 0.25) is 10.0 Å². The van der Waals surface area contributed by atoms with Crippen LogP contribution in [0.1, 0.15) is 57.8 Å². The van der Waals surface area contributed by atoms with Gasteiger partial charge in [0, 0.05) is 19.1 Å². The Hall–Kier alpha value is -1.38. The lowest BCUT2D eigenvalue weighted by atomic mass is 9.96. The zero-order valence-corrected chi connectivity index (χ0v) is 18.2. The highest BCUT2D eigenvalue weighted by atomic mass is 32.2. The summed E-state index contributed by atoms with van der Waals surface area (Å²) in [6.45, 7) is 1.16. The molecule has 0 amide bonds. The molecule has 3 rings (SSSR count). The van der Waals surface area contributed by atoms with Crippen molar-refractivity contribution in [3.63, 3.8) is 0 Å². The molecule has 0 radical (unpaired) electrons. The zero-order valence-electron chi connectivity index (χ0n) is 16.6. The monoisotopic (exact) mass is 425 g/mol. The van der Waals surface area contributed by atoms with E-state index >= 15 is 0 Å². The maximum absolute atomic E-state index is 13.1. The van der Waals surface area contributed by atoms with Crippen LogP contribution >= 0.6 is 12.2 Å². The fourth-order valence-corrected chi connectivity index (χ4v) is 5.79. The quantitative estimate of drug-likeness (QED) is 0.698. The van der Waals surface area contributed by atoms with Crippen LogP contribution in [0, 0.1) is 0 Å².